The Labute approximate surface area is 184 Å². The molecule has 0 saturated carbocycles. The van der Waals surface area contributed by atoms with Crippen molar-refractivity contribution < 1.29 is 4.79 Å². The van der Waals surface area contributed by atoms with Gasteiger partial charge in [0.1, 0.15) is 12.2 Å². The summed E-state index contributed by atoms with van der Waals surface area (Å²) in [6, 6.07) is 19.4. The number of pyridine rings is 1. The first-order chi connectivity index (χ1) is 15.6. The van der Waals surface area contributed by atoms with Gasteiger partial charge in [-0.2, -0.15) is 0 Å². The second kappa shape index (κ2) is 9.14. The number of carbonyl (C=O) groups excluding carboxylic acids is 1. The van der Waals surface area contributed by atoms with E-state index >= 15 is 0 Å². The van der Waals surface area contributed by atoms with Gasteiger partial charge in [-0.3, -0.25) is 18.7 Å². The minimum atomic E-state index is -0.513. The molecule has 1 amide bonds. The maximum Gasteiger partial charge on any atom is 0.331 e. The number of benzene rings is 2. The number of aromatic nitrogens is 3. The predicted molar refractivity (Wildman–Crippen MR) is 123 cm³/mol. The lowest BCUT2D eigenvalue weighted by Crippen LogP contribution is -2.41. The van der Waals surface area contributed by atoms with E-state index in [0.717, 1.165) is 10.1 Å². The molecule has 4 rings (SSSR count). The SMILES string of the molecule is CCn1c(=O)c2ccccc2n(CC(=O)Nc2cccc(C#Cc3ccccn3)c2)c1=O. The third kappa shape index (κ3) is 4.35. The number of hydrogen-bond donors (Lipinski definition) is 1. The Balaban J connectivity index is 1.59. The number of amides is 1. The van der Waals surface area contributed by atoms with Gasteiger partial charge < -0.3 is 5.32 Å². The predicted octanol–water partition coefficient (Wildman–Crippen LogP) is 2.62. The van der Waals surface area contributed by atoms with Crippen LogP contribution in [-0.4, -0.2) is 20.0 Å². The Morgan fingerprint density at radius 1 is 0.969 bits per heavy atom. The zero-order valence-corrected chi connectivity index (χ0v) is 17.4. The highest BCUT2D eigenvalue weighted by molar-refractivity contribution is 5.91. The Kier molecular flexibility index (Phi) is 5.95. The Morgan fingerprint density at radius 2 is 1.78 bits per heavy atom. The number of rotatable bonds is 4. The lowest BCUT2D eigenvalue weighted by atomic mass is 10.2. The van der Waals surface area contributed by atoms with Crippen molar-refractivity contribution in [3.8, 4) is 11.8 Å². The van der Waals surface area contributed by atoms with Gasteiger partial charge in [-0.05, 0) is 55.3 Å². The second-order valence-electron chi connectivity index (χ2n) is 7.03. The Bertz CT molecular complexity index is 1470. The quantitative estimate of drug-likeness (QED) is 0.511. The molecule has 1 N–H and O–H groups in total. The molecule has 0 aliphatic carbocycles. The summed E-state index contributed by atoms with van der Waals surface area (Å²) in [6.07, 6.45) is 1.67. The van der Waals surface area contributed by atoms with Crippen molar-refractivity contribution >= 4 is 22.5 Å². The van der Waals surface area contributed by atoms with E-state index in [-0.39, 0.29) is 24.6 Å². The zero-order valence-electron chi connectivity index (χ0n) is 17.4. The third-order valence-corrected chi connectivity index (χ3v) is 4.90. The molecular formula is C25H20N4O3. The molecule has 2 aromatic heterocycles. The highest BCUT2D eigenvalue weighted by Gasteiger charge is 2.14. The molecule has 2 heterocycles. The standard InChI is InChI=1S/C25H20N4O3/c1-2-28-24(31)21-11-3-4-12-22(21)29(25(28)32)17-23(30)27-20-10-7-8-18(16-20)13-14-19-9-5-6-15-26-19/h3-12,15-16H,2,17H2,1H3,(H,27,30). The molecular weight excluding hydrogens is 404 g/mol. The van der Waals surface area contributed by atoms with Gasteiger partial charge in [0.2, 0.25) is 5.91 Å². The van der Waals surface area contributed by atoms with E-state index < -0.39 is 5.69 Å². The van der Waals surface area contributed by atoms with Gasteiger partial charge in [0, 0.05) is 24.0 Å². The largest absolute Gasteiger partial charge is 0.331 e. The fourth-order valence-electron chi connectivity index (χ4n) is 3.39. The van der Waals surface area contributed by atoms with Gasteiger partial charge in [-0.25, -0.2) is 9.78 Å². The van der Waals surface area contributed by atoms with Crippen molar-refractivity contribution in [2.24, 2.45) is 0 Å². The smallest absolute Gasteiger partial charge is 0.324 e. The Hall–Kier alpha value is -4.44. The van der Waals surface area contributed by atoms with Crippen LogP contribution in [0.15, 0.2) is 82.5 Å². The van der Waals surface area contributed by atoms with Crippen LogP contribution in [0.5, 0.6) is 0 Å². The highest BCUT2D eigenvalue weighted by Crippen LogP contribution is 2.11. The second-order valence-corrected chi connectivity index (χ2v) is 7.03. The number of hydrogen-bond acceptors (Lipinski definition) is 4. The molecule has 158 valence electrons. The van der Waals surface area contributed by atoms with E-state index in [1.54, 1.807) is 55.6 Å². The van der Waals surface area contributed by atoms with E-state index in [9.17, 15) is 14.4 Å². The number of nitrogens with one attached hydrogen (secondary N) is 1. The normalized spacial score (nSPS) is 10.4. The van der Waals surface area contributed by atoms with Crippen LogP contribution in [0.3, 0.4) is 0 Å². The van der Waals surface area contributed by atoms with Crippen molar-refractivity contribution in [2.45, 2.75) is 20.0 Å². The highest BCUT2D eigenvalue weighted by atomic mass is 16.2. The monoisotopic (exact) mass is 424 g/mol. The molecule has 0 radical (unpaired) electrons. The first kappa shape index (κ1) is 20.8. The van der Waals surface area contributed by atoms with Crippen LogP contribution in [0.25, 0.3) is 10.9 Å². The van der Waals surface area contributed by atoms with Crippen LogP contribution in [0.2, 0.25) is 0 Å². The fraction of sp³-hybridized carbons (Fsp3) is 0.120. The molecule has 0 bridgehead atoms. The number of anilines is 1. The molecule has 32 heavy (non-hydrogen) atoms. The van der Waals surface area contributed by atoms with E-state index in [2.05, 4.69) is 22.1 Å². The molecule has 7 heteroatoms. The van der Waals surface area contributed by atoms with E-state index in [1.165, 1.54) is 4.57 Å². The van der Waals surface area contributed by atoms with Crippen molar-refractivity contribution in [3.63, 3.8) is 0 Å². The summed E-state index contributed by atoms with van der Waals surface area (Å²) in [4.78, 5) is 42.3. The molecule has 7 nitrogen and oxygen atoms in total. The number of para-hydroxylation sites is 1. The molecule has 0 aliphatic rings. The average molecular weight is 424 g/mol. The van der Waals surface area contributed by atoms with Crippen LogP contribution in [0.1, 0.15) is 18.2 Å². The topological polar surface area (TPSA) is 86.0 Å². The molecule has 4 aromatic rings. The lowest BCUT2D eigenvalue weighted by molar-refractivity contribution is -0.116. The minimum absolute atomic E-state index is 0.219. The average Bonchev–Trinajstić information content (AvgIpc) is 2.82. The van der Waals surface area contributed by atoms with Gasteiger partial charge >= 0.3 is 5.69 Å². The van der Waals surface area contributed by atoms with Crippen molar-refractivity contribution in [1.29, 1.82) is 0 Å². The van der Waals surface area contributed by atoms with Gasteiger partial charge in [0.15, 0.2) is 0 Å². The van der Waals surface area contributed by atoms with E-state index in [0.29, 0.717) is 22.3 Å². The van der Waals surface area contributed by atoms with Gasteiger partial charge in [-0.15, -0.1) is 0 Å². The van der Waals surface area contributed by atoms with Gasteiger partial charge in [0.25, 0.3) is 5.56 Å². The van der Waals surface area contributed by atoms with Gasteiger partial charge in [0.05, 0.1) is 10.9 Å². The fourth-order valence-corrected chi connectivity index (χ4v) is 3.39. The minimum Gasteiger partial charge on any atom is -0.324 e. The van der Waals surface area contributed by atoms with E-state index in [4.69, 9.17) is 0 Å². The number of carbonyl (C=O) groups is 1. The first-order valence-corrected chi connectivity index (χ1v) is 10.1. The number of nitrogens with zero attached hydrogens (tertiary/aromatic N) is 3. The molecule has 0 spiro atoms. The summed E-state index contributed by atoms with van der Waals surface area (Å²) < 4.78 is 2.45. The van der Waals surface area contributed by atoms with Gasteiger partial charge in [-0.1, -0.05) is 30.2 Å². The molecule has 0 aliphatic heterocycles. The maximum atomic E-state index is 12.8. The summed E-state index contributed by atoms with van der Waals surface area (Å²) in [6.45, 7) is 1.73. The van der Waals surface area contributed by atoms with Crippen LogP contribution < -0.4 is 16.6 Å². The van der Waals surface area contributed by atoms with Crippen molar-refractivity contribution in [2.75, 3.05) is 5.32 Å². The lowest BCUT2D eigenvalue weighted by Gasteiger charge is -2.13. The summed E-state index contributed by atoms with van der Waals surface area (Å²) in [5.41, 5.74) is 1.49. The molecule has 0 fully saturated rings. The molecule has 0 atom stereocenters. The summed E-state index contributed by atoms with van der Waals surface area (Å²) >= 11 is 0. The summed E-state index contributed by atoms with van der Waals surface area (Å²) in [5, 5.41) is 3.20. The van der Waals surface area contributed by atoms with E-state index in [1.807, 2.05) is 24.3 Å². The van der Waals surface area contributed by atoms with Crippen molar-refractivity contribution in [3.05, 3.63) is 105 Å². The number of fused-ring (bicyclic) bond motifs is 1. The van der Waals surface area contributed by atoms with Crippen LogP contribution >= 0.6 is 0 Å². The summed E-state index contributed by atoms with van der Waals surface area (Å²) in [5.74, 6) is 5.62. The van der Waals surface area contributed by atoms with Crippen molar-refractivity contribution in [1.82, 2.24) is 14.1 Å². The summed E-state index contributed by atoms with van der Waals surface area (Å²) in [7, 11) is 0. The third-order valence-electron chi connectivity index (χ3n) is 4.90. The molecule has 0 unspecified atom stereocenters. The zero-order chi connectivity index (χ0) is 22.5. The van der Waals surface area contributed by atoms with Crippen LogP contribution in [0.4, 0.5) is 5.69 Å². The molecule has 2 aromatic carbocycles. The van der Waals surface area contributed by atoms with Crippen LogP contribution in [-0.2, 0) is 17.9 Å². The first-order valence-electron chi connectivity index (χ1n) is 10.1. The Morgan fingerprint density at radius 3 is 2.56 bits per heavy atom. The molecule has 0 saturated heterocycles. The maximum absolute atomic E-state index is 12.8. The van der Waals surface area contributed by atoms with Crippen LogP contribution in [0, 0.1) is 11.8 Å².